The summed E-state index contributed by atoms with van der Waals surface area (Å²) in [6.45, 7) is 7.66. The molecule has 6 nitrogen and oxygen atoms in total. The van der Waals surface area contributed by atoms with Gasteiger partial charge < -0.3 is 14.8 Å². The molecule has 2 aromatic carbocycles. The van der Waals surface area contributed by atoms with Crippen molar-refractivity contribution in [1.82, 2.24) is 10.3 Å². The lowest BCUT2D eigenvalue weighted by Gasteiger charge is -2.47. The second-order valence-corrected chi connectivity index (χ2v) is 10.4. The van der Waals surface area contributed by atoms with Gasteiger partial charge >= 0.3 is 11.9 Å². The van der Waals surface area contributed by atoms with Crippen molar-refractivity contribution < 1.29 is 19.1 Å². The van der Waals surface area contributed by atoms with Crippen LogP contribution in [0.15, 0.2) is 65.2 Å². The maximum atomic E-state index is 14.0. The van der Waals surface area contributed by atoms with Crippen LogP contribution in [0.25, 0.3) is 11.3 Å². The summed E-state index contributed by atoms with van der Waals surface area (Å²) in [4.78, 5) is 32.4. The number of thiazole rings is 1. The first kappa shape index (κ1) is 27.2. The topological polar surface area (TPSA) is 77.5 Å². The number of hydrogen-bond acceptors (Lipinski definition) is 7. The first-order valence-corrected chi connectivity index (χ1v) is 13.7. The van der Waals surface area contributed by atoms with Gasteiger partial charge in [-0.3, -0.25) is 4.79 Å². The van der Waals surface area contributed by atoms with Crippen LogP contribution in [0.1, 0.15) is 44.2 Å². The predicted molar refractivity (Wildman–Crippen MR) is 147 cm³/mol. The third kappa shape index (κ3) is 4.88. The molecule has 9 heteroatoms. The zero-order chi connectivity index (χ0) is 26.7. The van der Waals surface area contributed by atoms with E-state index < -0.39 is 29.3 Å². The molecule has 0 saturated carbocycles. The number of carbonyl (C=O) groups excluding carboxylic acids is 2. The molecular weight excluding hydrogens is 531 g/mol. The quantitative estimate of drug-likeness (QED) is 0.332. The fourth-order valence-corrected chi connectivity index (χ4v) is 6.32. The highest BCUT2D eigenvalue weighted by Crippen LogP contribution is 2.52. The molecule has 37 heavy (non-hydrogen) atoms. The zero-order valence-corrected chi connectivity index (χ0v) is 23.3. The van der Waals surface area contributed by atoms with Crippen LogP contribution in [0, 0.1) is 0 Å². The van der Waals surface area contributed by atoms with Gasteiger partial charge in [-0.25, -0.2) is 9.78 Å². The van der Waals surface area contributed by atoms with Crippen molar-refractivity contribution in [1.29, 1.82) is 0 Å². The minimum absolute atomic E-state index is 0.191. The number of allylic oxidation sites excluding steroid dienone is 1. The average molecular weight is 560 g/mol. The zero-order valence-electron chi connectivity index (χ0n) is 21.0. The molecule has 0 bridgehead atoms. The van der Waals surface area contributed by atoms with E-state index >= 15 is 0 Å². The molecule has 3 unspecified atom stereocenters. The first-order chi connectivity index (χ1) is 17.7. The van der Waals surface area contributed by atoms with E-state index in [0.29, 0.717) is 32.0 Å². The van der Waals surface area contributed by atoms with E-state index in [-0.39, 0.29) is 13.2 Å². The number of esters is 2. The molecule has 0 radical (unpaired) electrons. The van der Waals surface area contributed by atoms with Crippen molar-refractivity contribution in [3.63, 3.8) is 0 Å². The van der Waals surface area contributed by atoms with Crippen molar-refractivity contribution >= 4 is 46.5 Å². The Morgan fingerprint density at radius 1 is 1.05 bits per heavy atom. The van der Waals surface area contributed by atoms with Gasteiger partial charge in [0.05, 0.1) is 40.4 Å². The third-order valence-electron chi connectivity index (χ3n) is 6.61. The molecule has 1 aromatic heterocycles. The number of aromatic nitrogens is 1. The van der Waals surface area contributed by atoms with Crippen LogP contribution in [-0.4, -0.2) is 36.2 Å². The van der Waals surface area contributed by atoms with E-state index in [1.54, 1.807) is 26.0 Å². The number of nitrogens with one attached hydrogen (secondary N) is 1. The summed E-state index contributed by atoms with van der Waals surface area (Å²) in [6.07, 6.45) is 0. The lowest BCUT2D eigenvalue weighted by molar-refractivity contribution is -0.153. The smallest absolute Gasteiger partial charge is 0.336 e. The van der Waals surface area contributed by atoms with Crippen LogP contribution < -0.4 is 5.32 Å². The van der Waals surface area contributed by atoms with Gasteiger partial charge in [0.25, 0.3) is 0 Å². The number of rotatable bonds is 7. The Labute approximate surface area is 230 Å². The summed E-state index contributed by atoms with van der Waals surface area (Å²) in [5, 5.41) is 6.71. The minimum atomic E-state index is -1.29. The summed E-state index contributed by atoms with van der Waals surface area (Å²) in [5.74, 6) is -1.70. The monoisotopic (exact) mass is 558 g/mol. The Balaban J connectivity index is 2.00. The molecule has 4 rings (SSSR count). The van der Waals surface area contributed by atoms with Gasteiger partial charge in [-0.1, -0.05) is 59.6 Å². The molecular formula is C28H28Cl2N2O4S. The minimum Gasteiger partial charge on any atom is -0.465 e. The summed E-state index contributed by atoms with van der Waals surface area (Å²) in [7, 11) is 0. The number of ether oxygens (including phenoxy) is 2. The van der Waals surface area contributed by atoms with Crippen molar-refractivity contribution in [3.8, 4) is 11.3 Å². The van der Waals surface area contributed by atoms with E-state index in [1.165, 1.54) is 11.3 Å². The lowest BCUT2D eigenvalue weighted by atomic mass is 9.61. The molecule has 0 spiro atoms. The van der Waals surface area contributed by atoms with Crippen molar-refractivity contribution in [2.45, 2.75) is 45.1 Å². The summed E-state index contributed by atoms with van der Waals surface area (Å²) < 4.78 is 11.2. The van der Waals surface area contributed by atoms with Gasteiger partial charge in [-0.05, 0) is 45.4 Å². The second kappa shape index (κ2) is 11.3. The second-order valence-electron chi connectivity index (χ2n) is 8.71. The summed E-state index contributed by atoms with van der Waals surface area (Å²) in [6, 6.07) is 14.3. The van der Waals surface area contributed by atoms with Crippen LogP contribution in [0.4, 0.5) is 0 Å². The summed E-state index contributed by atoms with van der Waals surface area (Å²) in [5.41, 5.74) is 1.87. The van der Waals surface area contributed by atoms with Crippen LogP contribution in [-0.2, 0) is 24.5 Å². The van der Waals surface area contributed by atoms with Crippen LogP contribution in [0.5, 0.6) is 0 Å². The SMILES string of the molecule is CCOC(=O)C1=C(C)NC(C)C(C(=O)OCC)(c2ccccc2)C1c1nc(-c2ccc(Cl)c(Cl)c2)cs1. The lowest BCUT2D eigenvalue weighted by Crippen LogP contribution is -2.60. The molecule has 0 aliphatic carbocycles. The predicted octanol–water partition coefficient (Wildman–Crippen LogP) is 6.53. The number of carbonyl (C=O) groups is 2. The Morgan fingerprint density at radius 3 is 2.41 bits per heavy atom. The molecule has 3 aromatic rings. The van der Waals surface area contributed by atoms with Gasteiger partial charge in [0.15, 0.2) is 0 Å². The maximum absolute atomic E-state index is 14.0. The molecule has 2 heterocycles. The molecule has 1 aliphatic rings. The Morgan fingerprint density at radius 2 is 1.76 bits per heavy atom. The molecule has 0 fully saturated rings. The van der Waals surface area contributed by atoms with Gasteiger partial charge in [-0.2, -0.15) is 0 Å². The van der Waals surface area contributed by atoms with Gasteiger partial charge in [0, 0.05) is 22.7 Å². The van der Waals surface area contributed by atoms with E-state index in [1.807, 2.05) is 55.6 Å². The Kier molecular flexibility index (Phi) is 8.26. The first-order valence-electron chi connectivity index (χ1n) is 12.0. The van der Waals surface area contributed by atoms with E-state index in [0.717, 1.165) is 11.1 Å². The maximum Gasteiger partial charge on any atom is 0.336 e. The van der Waals surface area contributed by atoms with Gasteiger partial charge in [0.1, 0.15) is 10.4 Å². The number of halogens is 2. The van der Waals surface area contributed by atoms with E-state index in [9.17, 15) is 9.59 Å². The van der Waals surface area contributed by atoms with E-state index in [2.05, 4.69) is 5.32 Å². The van der Waals surface area contributed by atoms with Crippen molar-refractivity contribution in [2.75, 3.05) is 13.2 Å². The van der Waals surface area contributed by atoms with Crippen molar-refractivity contribution in [2.24, 2.45) is 0 Å². The number of hydrogen-bond donors (Lipinski definition) is 1. The molecule has 194 valence electrons. The average Bonchev–Trinajstić information content (AvgIpc) is 3.36. The Bertz CT molecular complexity index is 1340. The van der Waals surface area contributed by atoms with Crippen LogP contribution >= 0.6 is 34.5 Å². The summed E-state index contributed by atoms with van der Waals surface area (Å²) >= 11 is 13.8. The standard InChI is InChI=1S/C28H28Cl2N2O4S/c1-5-35-26(33)23-16(3)31-17(4)28(27(34)36-6-2,19-10-8-7-9-11-19)24(23)25-32-22(15-37-25)18-12-13-20(29)21(30)14-18/h7-15,17,24,31H,5-6H2,1-4H3. The van der Waals surface area contributed by atoms with Crippen LogP contribution in [0.3, 0.4) is 0 Å². The van der Waals surface area contributed by atoms with Gasteiger partial charge in [-0.15, -0.1) is 11.3 Å². The normalized spacial score (nSPS) is 21.4. The highest BCUT2D eigenvalue weighted by atomic mass is 35.5. The highest BCUT2D eigenvalue weighted by Gasteiger charge is 2.59. The van der Waals surface area contributed by atoms with Gasteiger partial charge in [0.2, 0.25) is 0 Å². The fourth-order valence-electron chi connectivity index (χ4n) is 5.01. The fraction of sp³-hybridized carbons (Fsp3) is 0.321. The Hall–Kier alpha value is -2.87. The number of nitrogens with zero attached hydrogens (tertiary/aromatic N) is 1. The molecule has 1 N–H and O–H groups in total. The largest absolute Gasteiger partial charge is 0.465 e. The molecule has 0 amide bonds. The number of benzene rings is 2. The molecule has 0 saturated heterocycles. The van der Waals surface area contributed by atoms with Crippen molar-refractivity contribution in [3.05, 3.63) is 85.8 Å². The van der Waals surface area contributed by atoms with E-state index in [4.69, 9.17) is 37.7 Å². The molecule has 3 atom stereocenters. The highest BCUT2D eigenvalue weighted by molar-refractivity contribution is 7.10. The van der Waals surface area contributed by atoms with Crippen LogP contribution in [0.2, 0.25) is 10.0 Å². The molecule has 1 aliphatic heterocycles. The third-order valence-corrected chi connectivity index (χ3v) is 8.26.